The Morgan fingerprint density at radius 1 is 0.957 bits per heavy atom. The number of anilines is 2. The number of hydrogen-bond donors (Lipinski definition) is 2. The molecule has 0 saturated heterocycles. The zero-order valence-electron chi connectivity index (χ0n) is 12.3. The Morgan fingerprint density at radius 2 is 1.57 bits per heavy atom. The number of rotatable bonds is 5. The summed E-state index contributed by atoms with van der Waals surface area (Å²) in [5.41, 5.74) is 2.34. The monoisotopic (exact) mass is 302 g/mol. The largest absolute Gasteiger partial charge is 0.360 e. The molecule has 0 aliphatic heterocycles. The first-order chi connectivity index (χ1) is 11.2. The Morgan fingerprint density at radius 3 is 2.17 bits per heavy atom. The van der Waals surface area contributed by atoms with Gasteiger partial charge in [0.05, 0.1) is 6.42 Å². The van der Waals surface area contributed by atoms with Crippen LogP contribution < -0.4 is 10.6 Å². The van der Waals surface area contributed by atoms with Crippen LogP contribution in [0.15, 0.2) is 66.4 Å². The molecule has 1 amide bonds. The number of carbonyl (C=O) groups is 1. The third kappa shape index (κ3) is 5.04. The van der Waals surface area contributed by atoms with Gasteiger partial charge in [-0.3, -0.25) is 4.79 Å². The number of amides is 1. The number of hydrogen-bond acceptors (Lipinski definition) is 4. The van der Waals surface area contributed by atoms with Crippen LogP contribution in [0.1, 0.15) is 5.56 Å². The zero-order chi connectivity index (χ0) is 16.5. The van der Waals surface area contributed by atoms with Crippen LogP contribution in [0.2, 0.25) is 0 Å². The average Bonchev–Trinajstić information content (AvgIpc) is 2.58. The Balaban J connectivity index is 1.93. The molecule has 0 aromatic heterocycles. The molecule has 5 nitrogen and oxygen atoms in total. The molecule has 2 aromatic carbocycles. The van der Waals surface area contributed by atoms with Gasteiger partial charge in [0.2, 0.25) is 5.91 Å². The summed E-state index contributed by atoms with van der Waals surface area (Å²) in [5, 5.41) is 22.9. The van der Waals surface area contributed by atoms with Crippen molar-refractivity contribution >= 4 is 17.3 Å². The van der Waals surface area contributed by atoms with E-state index in [-0.39, 0.29) is 11.5 Å². The Labute approximate surface area is 134 Å². The van der Waals surface area contributed by atoms with Crippen LogP contribution in [0.5, 0.6) is 0 Å². The second-order valence-electron chi connectivity index (χ2n) is 4.71. The van der Waals surface area contributed by atoms with Gasteiger partial charge in [-0.2, -0.15) is 10.5 Å². The van der Waals surface area contributed by atoms with Crippen molar-refractivity contribution in [3.8, 4) is 12.1 Å². The van der Waals surface area contributed by atoms with E-state index in [4.69, 9.17) is 10.5 Å². The summed E-state index contributed by atoms with van der Waals surface area (Å²) in [6.45, 7) is 0. The molecular weight excluding hydrogens is 288 g/mol. The van der Waals surface area contributed by atoms with Gasteiger partial charge in [0, 0.05) is 17.6 Å². The molecule has 0 aliphatic rings. The number of nitriles is 2. The fourth-order valence-corrected chi connectivity index (χ4v) is 1.88. The van der Waals surface area contributed by atoms with Gasteiger partial charge in [0.1, 0.15) is 17.7 Å². The van der Waals surface area contributed by atoms with E-state index in [2.05, 4.69) is 10.6 Å². The minimum Gasteiger partial charge on any atom is -0.360 e. The lowest BCUT2D eigenvalue weighted by molar-refractivity contribution is -0.115. The first kappa shape index (κ1) is 15.8. The van der Waals surface area contributed by atoms with Crippen LogP contribution in [0.4, 0.5) is 11.4 Å². The molecule has 0 bridgehead atoms. The van der Waals surface area contributed by atoms with Gasteiger partial charge in [-0.15, -0.1) is 0 Å². The summed E-state index contributed by atoms with van der Waals surface area (Å²) >= 11 is 0. The molecule has 0 atom stereocenters. The van der Waals surface area contributed by atoms with Crippen molar-refractivity contribution < 1.29 is 4.79 Å². The van der Waals surface area contributed by atoms with Gasteiger partial charge in [-0.1, -0.05) is 30.3 Å². The summed E-state index contributed by atoms with van der Waals surface area (Å²) in [4.78, 5) is 12.0. The standard InChI is InChI=1S/C18H14N4O/c19-11-15(12-20)13-21-16-6-8-17(9-7-16)22-18(23)10-14-4-2-1-3-5-14/h1-9,13,21H,10H2,(H,22,23). The van der Waals surface area contributed by atoms with E-state index in [1.807, 2.05) is 30.3 Å². The smallest absolute Gasteiger partial charge is 0.228 e. The van der Waals surface area contributed by atoms with Crippen LogP contribution in [0.25, 0.3) is 0 Å². The second kappa shape index (κ2) is 8.02. The highest BCUT2D eigenvalue weighted by molar-refractivity contribution is 5.92. The van der Waals surface area contributed by atoms with Crippen molar-refractivity contribution in [1.29, 1.82) is 10.5 Å². The number of nitrogens with zero attached hydrogens (tertiary/aromatic N) is 2. The van der Waals surface area contributed by atoms with Gasteiger partial charge >= 0.3 is 0 Å². The van der Waals surface area contributed by atoms with Crippen LogP contribution in [0.3, 0.4) is 0 Å². The molecule has 23 heavy (non-hydrogen) atoms. The third-order valence-corrected chi connectivity index (χ3v) is 3.00. The molecule has 5 heteroatoms. The highest BCUT2D eigenvalue weighted by Gasteiger charge is 2.03. The molecule has 112 valence electrons. The van der Waals surface area contributed by atoms with E-state index in [0.29, 0.717) is 17.8 Å². The van der Waals surface area contributed by atoms with E-state index >= 15 is 0 Å². The van der Waals surface area contributed by atoms with Crippen molar-refractivity contribution in [3.05, 3.63) is 71.9 Å². The molecule has 0 saturated carbocycles. The lowest BCUT2D eigenvalue weighted by Gasteiger charge is -2.07. The summed E-state index contributed by atoms with van der Waals surface area (Å²) in [6, 6.07) is 20.0. The minimum absolute atomic E-state index is 0.00904. The highest BCUT2D eigenvalue weighted by Crippen LogP contribution is 2.14. The molecule has 0 radical (unpaired) electrons. The minimum atomic E-state index is -0.0898. The molecule has 0 unspecified atom stereocenters. The predicted molar refractivity (Wildman–Crippen MR) is 88.1 cm³/mol. The number of benzene rings is 2. The zero-order valence-corrected chi connectivity index (χ0v) is 12.3. The SMILES string of the molecule is N#CC(C#N)=CNc1ccc(NC(=O)Cc2ccccc2)cc1. The van der Waals surface area contributed by atoms with E-state index in [9.17, 15) is 4.79 Å². The molecule has 2 N–H and O–H groups in total. The normalized spacial score (nSPS) is 9.13. The first-order valence-electron chi connectivity index (χ1n) is 6.92. The fraction of sp³-hybridized carbons (Fsp3) is 0.0556. The van der Waals surface area contributed by atoms with Crippen molar-refractivity contribution in [3.63, 3.8) is 0 Å². The van der Waals surface area contributed by atoms with Crippen molar-refractivity contribution in [2.45, 2.75) is 6.42 Å². The van der Waals surface area contributed by atoms with Gasteiger partial charge in [-0.05, 0) is 29.8 Å². The maximum Gasteiger partial charge on any atom is 0.228 e. The average molecular weight is 302 g/mol. The Bertz CT molecular complexity index is 765. The predicted octanol–water partition coefficient (Wildman–Crippen LogP) is 3.21. The van der Waals surface area contributed by atoms with E-state index in [1.165, 1.54) is 6.20 Å². The molecule has 2 aromatic rings. The van der Waals surface area contributed by atoms with Crippen molar-refractivity contribution in [2.75, 3.05) is 10.6 Å². The quantitative estimate of drug-likeness (QED) is 0.830. The number of allylic oxidation sites excluding steroid dienone is 1. The molecule has 2 rings (SSSR count). The molecular formula is C18H14N4O. The van der Waals surface area contributed by atoms with E-state index < -0.39 is 0 Å². The maximum atomic E-state index is 12.0. The Kier molecular flexibility index (Phi) is 5.51. The third-order valence-electron chi connectivity index (χ3n) is 3.00. The molecule has 0 spiro atoms. The lowest BCUT2D eigenvalue weighted by Crippen LogP contribution is -2.14. The summed E-state index contributed by atoms with van der Waals surface area (Å²) in [6.07, 6.45) is 1.65. The maximum absolute atomic E-state index is 12.0. The second-order valence-corrected chi connectivity index (χ2v) is 4.71. The van der Waals surface area contributed by atoms with Crippen LogP contribution >= 0.6 is 0 Å². The van der Waals surface area contributed by atoms with E-state index in [0.717, 1.165) is 5.56 Å². The van der Waals surface area contributed by atoms with E-state index in [1.54, 1.807) is 36.4 Å². The Hall–Kier alpha value is -3.57. The number of nitrogens with one attached hydrogen (secondary N) is 2. The fourth-order valence-electron chi connectivity index (χ4n) is 1.88. The van der Waals surface area contributed by atoms with Crippen molar-refractivity contribution in [2.24, 2.45) is 0 Å². The molecule has 0 heterocycles. The molecule has 0 fully saturated rings. The topological polar surface area (TPSA) is 88.7 Å². The van der Waals surface area contributed by atoms with Crippen molar-refractivity contribution in [1.82, 2.24) is 0 Å². The van der Waals surface area contributed by atoms with Gasteiger partial charge in [0.15, 0.2) is 0 Å². The highest BCUT2D eigenvalue weighted by atomic mass is 16.1. The summed E-state index contributed by atoms with van der Waals surface area (Å²) in [7, 11) is 0. The number of carbonyl (C=O) groups excluding carboxylic acids is 1. The van der Waals surface area contributed by atoms with Gasteiger partial charge in [0.25, 0.3) is 0 Å². The van der Waals surface area contributed by atoms with Crippen LogP contribution in [-0.4, -0.2) is 5.91 Å². The molecule has 0 aliphatic carbocycles. The van der Waals surface area contributed by atoms with Gasteiger partial charge in [-0.25, -0.2) is 0 Å². The lowest BCUT2D eigenvalue weighted by atomic mass is 10.1. The van der Waals surface area contributed by atoms with Crippen LogP contribution in [-0.2, 0) is 11.2 Å². The summed E-state index contributed by atoms with van der Waals surface area (Å²) in [5.74, 6) is -0.0898. The van der Waals surface area contributed by atoms with Gasteiger partial charge < -0.3 is 10.6 Å². The van der Waals surface area contributed by atoms with Crippen LogP contribution in [0, 0.1) is 22.7 Å². The first-order valence-corrected chi connectivity index (χ1v) is 6.92. The summed E-state index contributed by atoms with van der Waals surface area (Å²) < 4.78 is 0.